The van der Waals surface area contributed by atoms with Crippen molar-refractivity contribution in [1.82, 2.24) is 0 Å². The number of anilines is 1. The first-order valence-corrected chi connectivity index (χ1v) is 8.63. The number of benzene rings is 2. The van der Waals surface area contributed by atoms with Gasteiger partial charge in [0.25, 0.3) is 0 Å². The normalized spacial score (nSPS) is 13.8. The molecule has 0 bridgehead atoms. The van der Waals surface area contributed by atoms with Crippen molar-refractivity contribution in [2.45, 2.75) is 30.8 Å². The van der Waals surface area contributed by atoms with Crippen molar-refractivity contribution >= 4 is 34.9 Å². The van der Waals surface area contributed by atoms with E-state index in [0.717, 1.165) is 25.1 Å². The summed E-state index contributed by atoms with van der Waals surface area (Å²) in [6.45, 7) is 1.09. The fourth-order valence-corrected chi connectivity index (χ4v) is 2.84. The van der Waals surface area contributed by atoms with Gasteiger partial charge in [0.2, 0.25) is 0 Å². The highest BCUT2D eigenvalue weighted by Crippen LogP contribution is 2.53. The molecule has 0 aromatic heterocycles. The molecule has 0 heterocycles. The maximum absolute atomic E-state index is 13.7. The van der Waals surface area contributed by atoms with E-state index in [9.17, 15) is 31.1 Å². The van der Waals surface area contributed by atoms with Crippen molar-refractivity contribution in [2.75, 3.05) is 5.73 Å². The van der Waals surface area contributed by atoms with Gasteiger partial charge in [-0.25, -0.2) is 0 Å². The fraction of sp³-hybridized carbons (Fsp3) is 0.278. The second kappa shape index (κ2) is 7.95. The summed E-state index contributed by atoms with van der Waals surface area (Å²) in [5.74, 6) is -3.25. The Kier molecular flexibility index (Phi) is 6.34. The number of carbonyl (C=O) groups excluding carboxylic acids is 1. The summed E-state index contributed by atoms with van der Waals surface area (Å²) in [6.07, 6.45) is -12.0. The zero-order valence-electron chi connectivity index (χ0n) is 14.5. The molecule has 2 aromatic rings. The van der Waals surface area contributed by atoms with E-state index in [1.165, 1.54) is 12.1 Å². The lowest BCUT2D eigenvalue weighted by Crippen LogP contribution is -2.57. The van der Waals surface area contributed by atoms with E-state index in [2.05, 4.69) is 4.74 Å². The first kappa shape index (κ1) is 23.2. The Morgan fingerprint density at radius 2 is 1.45 bits per heavy atom. The van der Waals surface area contributed by atoms with Crippen LogP contribution < -0.4 is 5.73 Å². The minimum atomic E-state index is -6.01. The van der Waals surface area contributed by atoms with Crippen LogP contribution in [0.2, 0.25) is 10.0 Å². The van der Waals surface area contributed by atoms with Crippen LogP contribution in [-0.2, 0) is 15.1 Å². The first-order chi connectivity index (χ1) is 13.2. The smallest absolute Gasteiger partial charge is 0.434 e. The van der Waals surface area contributed by atoms with Crippen molar-refractivity contribution in [3.05, 3.63) is 63.6 Å². The molecule has 158 valence electrons. The zero-order chi connectivity index (χ0) is 22.2. The third-order valence-corrected chi connectivity index (χ3v) is 4.91. The Morgan fingerprint density at radius 1 is 0.931 bits per heavy atom. The molecule has 2 rings (SSSR count). The van der Waals surface area contributed by atoms with Crippen LogP contribution in [0.15, 0.2) is 42.5 Å². The van der Waals surface area contributed by atoms with Gasteiger partial charge in [-0.1, -0.05) is 41.4 Å². The van der Waals surface area contributed by atoms with Crippen LogP contribution in [0, 0.1) is 0 Å². The predicted octanol–water partition coefficient (Wildman–Crippen LogP) is 6.24. The molecule has 0 radical (unpaired) electrons. The Bertz CT molecular complexity index is 883. The van der Waals surface area contributed by atoms with E-state index < -0.39 is 35.4 Å². The van der Waals surface area contributed by atoms with Crippen LogP contribution in [0.5, 0.6) is 0 Å². The number of nitrogen functional groups attached to an aromatic ring is 1. The molecule has 0 fully saturated rings. The lowest BCUT2D eigenvalue weighted by Gasteiger charge is -2.37. The summed E-state index contributed by atoms with van der Waals surface area (Å²) in [4.78, 5) is 12.4. The second-order valence-corrected chi connectivity index (χ2v) is 6.93. The molecule has 0 saturated heterocycles. The average Bonchev–Trinajstić information content (AvgIpc) is 2.60. The van der Waals surface area contributed by atoms with E-state index in [-0.39, 0.29) is 21.3 Å². The topological polar surface area (TPSA) is 52.3 Å². The maximum Gasteiger partial charge on any atom is 0.442 e. The van der Waals surface area contributed by atoms with Crippen molar-refractivity contribution in [3.63, 3.8) is 0 Å². The molecule has 2 aromatic carbocycles. The quantitative estimate of drug-likeness (QED) is 0.334. The number of ether oxygens (including phenoxy) is 1. The van der Waals surface area contributed by atoms with Crippen LogP contribution in [0.4, 0.5) is 32.0 Å². The lowest BCUT2D eigenvalue weighted by atomic mass is 9.91. The SMILES string of the molecule is CC(C(=O)OC(c1ccc(N)cc1)(C(F)(F)F)C(F)(F)F)c1ccc(Cl)c(Cl)c1. The number of alkyl halides is 6. The summed E-state index contributed by atoms with van der Waals surface area (Å²) in [6, 6.07) is 6.36. The van der Waals surface area contributed by atoms with Crippen molar-refractivity contribution < 1.29 is 35.9 Å². The van der Waals surface area contributed by atoms with Gasteiger partial charge in [-0.3, -0.25) is 4.79 Å². The number of carbonyl (C=O) groups is 1. The second-order valence-electron chi connectivity index (χ2n) is 6.12. The third kappa shape index (κ3) is 4.40. The van der Waals surface area contributed by atoms with Crippen LogP contribution in [0.1, 0.15) is 24.0 Å². The molecule has 0 aliphatic heterocycles. The summed E-state index contributed by atoms with van der Waals surface area (Å²) < 4.78 is 86.6. The molecule has 0 spiro atoms. The minimum absolute atomic E-state index is 0.0275. The molecular weight excluding hydrogens is 447 g/mol. The van der Waals surface area contributed by atoms with Gasteiger partial charge < -0.3 is 10.5 Å². The van der Waals surface area contributed by atoms with Crippen LogP contribution in [-0.4, -0.2) is 18.3 Å². The van der Waals surface area contributed by atoms with Crippen molar-refractivity contribution in [1.29, 1.82) is 0 Å². The molecule has 1 atom stereocenters. The van der Waals surface area contributed by atoms with Gasteiger partial charge in [-0.2, -0.15) is 26.3 Å². The van der Waals surface area contributed by atoms with Gasteiger partial charge in [0, 0.05) is 11.3 Å². The van der Waals surface area contributed by atoms with E-state index in [1.807, 2.05) is 0 Å². The van der Waals surface area contributed by atoms with Gasteiger partial charge in [0.05, 0.1) is 16.0 Å². The Hall–Kier alpha value is -2.13. The van der Waals surface area contributed by atoms with E-state index in [1.54, 1.807) is 0 Å². The third-order valence-electron chi connectivity index (χ3n) is 4.17. The highest BCUT2D eigenvalue weighted by atomic mass is 35.5. The van der Waals surface area contributed by atoms with Gasteiger partial charge in [0.1, 0.15) is 0 Å². The molecule has 0 saturated carbocycles. The van der Waals surface area contributed by atoms with Crippen LogP contribution in [0.3, 0.4) is 0 Å². The van der Waals surface area contributed by atoms with Crippen molar-refractivity contribution in [2.24, 2.45) is 0 Å². The predicted molar refractivity (Wildman–Crippen MR) is 95.6 cm³/mol. The van der Waals surface area contributed by atoms with E-state index in [0.29, 0.717) is 12.1 Å². The average molecular weight is 460 g/mol. The van der Waals surface area contributed by atoms with Gasteiger partial charge >= 0.3 is 23.9 Å². The van der Waals surface area contributed by atoms with E-state index in [4.69, 9.17) is 28.9 Å². The number of hydrogen-bond acceptors (Lipinski definition) is 3. The highest BCUT2D eigenvalue weighted by molar-refractivity contribution is 6.42. The summed E-state index contributed by atoms with van der Waals surface area (Å²) in [5.41, 5.74) is -0.905. The van der Waals surface area contributed by atoms with Gasteiger partial charge in [0.15, 0.2) is 0 Å². The van der Waals surface area contributed by atoms with Gasteiger partial charge in [-0.05, 0) is 36.8 Å². The molecule has 29 heavy (non-hydrogen) atoms. The van der Waals surface area contributed by atoms with Crippen molar-refractivity contribution in [3.8, 4) is 0 Å². The number of rotatable bonds is 4. The number of nitrogens with two attached hydrogens (primary N) is 1. The maximum atomic E-state index is 13.7. The number of hydrogen-bond donors (Lipinski definition) is 1. The monoisotopic (exact) mass is 459 g/mol. The Morgan fingerprint density at radius 3 is 1.90 bits per heavy atom. The molecule has 1 unspecified atom stereocenters. The Balaban J connectivity index is 2.55. The summed E-state index contributed by atoms with van der Waals surface area (Å²) in [7, 11) is 0. The Labute approximate surface area is 171 Å². The van der Waals surface area contributed by atoms with Gasteiger partial charge in [-0.15, -0.1) is 0 Å². The van der Waals surface area contributed by atoms with E-state index >= 15 is 0 Å². The standard InChI is InChI=1S/C18H13Cl2F6NO2/c1-9(10-2-7-13(19)14(20)8-10)15(28)29-16(17(21,22)23,18(24,25)26)11-3-5-12(27)6-4-11/h2-9H,27H2,1H3. The largest absolute Gasteiger partial charge is 0.442 e. The summed E-state index contributed by atoms with van der Waals surface area (Å²) >= 11 is 11.5. The van der Waals surface area contributed by atoms with Crippen LogP contribution >= 0.6 is 23.2 Å². The first-order valence-electron chi connectivity index (χ1n) is 7.88. The molecule has 0 aliphatic carbocycles. The molecule has 3 nitrogen and oxygen atoms in total. The van der Waals surface area contributed by atoms with Crippen LogP contribution in [0.25, 0.3) is 0 Å². The molecule has 0 aliphatic rings. The minimum Gasteiger partial charge on any atom is -0.434 e. The summed E-state index contributed by atoms with van der Waals surface area (Å²) in [5, 5.41) is 0.0676. The zero-order valence-corrected chi connectivity index (χ0v) is 16.0. The molecule has 11 heteroatoms. The number of halogens is 8. The molecular formula is C18H13Cl2F6NO2. The molecule has 2 N–H and O–H groups in total. The lowest BCUT2D eigenvalue weighted by molar-refractivity contribution is -0.378. The number of esters is 1. The fourth-order valence-electron chi connectivity index (χ4n) is 2.54. The molecule has 0 amide bonds. The highest BCUT2D eigenvalue weighted by Gasteiger charge is 2.75.